The summed E-state index contributed by atoms with van der Waals surface area (Å²) in [4.78, 5) is 12.1. The van der Waals surface area contributed by atoms with Crippen molar-refractivity contribution in [2.45, 2.75) is 6.04 Å². The molecule has 0 saturated carbocycles. The molecule has 19 heavy (non-hydrogen) atoms. The van der Waals surface area contributed by atoms with Crippen molar-refractivity contribution < 1.29 is 4.79 Å². The Kier molecular flexibility index (Phi) is 4.58. The molecule has 0 saturated heterocycles. The second-order valence-electron chi connectivity index (χ2n) is 4.00. The molecule has 3 N–H and O–H groups in total. The lowest BCUT2D eigenvalue weighted by Crippen LogP contribution is -2.27. The van der Waals surface area contributed by atoms with Gasteiger partial charge < -0.3 is 11.1 Å². The maximum absolute atomic E-state index is 12.1. The zero-order valence-corrected chi connectivity index (χ0v) is 12.3. The van der Waals surface area contributed by atoms with Gasteiger partial charge >= 0.3 is 0 Å². The molecule has 0 spiro atoms. The van der Waals surface area contributed by atoms with Crippen LogP contribution in [-0.2, 0) is 4.79 Å². The van der Waals surface area contributed by atoms with Crippen LogP contribution in [0.1, 0.15) is 11.6 Å². The lowest BCUT2D eigenvalue weighted by atomic mass is 10.1. The first-order chi connectivity index (χ1) is 9.08. The first-order valence-electron chi connectivity index (χ1n) is 5.64. The van der Waals surface area contributed by atoms with E-state index < -0.39 is 6.04 Å². The summed E-state index contributed by atoms with van der Waals surface area (Å²) >= 11 is 9.24. The van der Waals surface area contributed by atoms with Gasteiger partial charge in [-0.25, -0.2) is 0 Å². The van der Waals surface area contributed by atoms with Crippen molar-refractivity contribution in [1.82, 2.24) is 0 Å². The number of amides is 1. The molecule has 1 amide bonds. The summed E-state index contributed by atoms with van der Waals surface area (Å²) < 4.78 is 0.755. The van der Waals surface area contributed by atoms with Gasteiger partial charge in [0, 0.05) is 9.50 Å². The summed E-state index contributed by atoms with van der Waals surface area (Å²) in [5, 5.41) is 3.30. The van der Waals surface area contributed by atoms with Crippen molar-refractivity contribution in [2.24, 2.45) is 5.73 Å². The number of carbonyl (C=O) groups is 1. The van der Waals surface area contributed by atoms with E-state index in [1.54, 1.807) is 18.2 Å². The highest BCUT2D eigenvalue weighted by atomic mass is 79.9. The molecule has 98 valence electrons. The van der Waals surface area contributed by atoms with Crippen molar-refractivity contribution >= 4 is 39.1 Å². The van der Waals surface area contributed by atoms with E-state index in [-0.39, 0.29) is 5.91 Å². The van der Waals surface area contributed by atoms with Crippen LogP contribution in [0.2, 0.25) is 5.02 Å². The van der Waals surface area contributed by atoms with E-state index in [9.17, 15) is 4.79 Å². The van der Waals surface area contributed by atoms with Crippen molar-refractivity contribution in [3.05, 3.63) is 63.6 Å². The normalized spacial score (nSPS) is 11.9. The molecule has 1 atom stereocenters. The summed E-state index contributed by atoms with van der Waals surface area (Å²) in [6, 6.07) is 13.7. The zero-order valence-electron chi connectivity index (χ0n) is 9.94. The summed E-state index contributed by atoms with van der Waals surface area (Å²) in [7, 11) is 0. The molecule has 0 aliphatic heterocycles. The van der Waals surface area contributed by atoms with Gasteiger partial charge in [0.1, 0.15) is 6.04 Å². The molecule has 3 nitrogen and oxygen atoms in total. The Morgan fingerprint density at radius 3 is 2.58 bits per heavy atom. The lowest BCUT2D eigenvalue weighted by molar-refractivity contribution is -0.117. The maximum atomic E-state index is 12.1. The number of anilines is 1. The largest absolute Gasteiger partial charge is 0.323 e. The van der Waals surface area contributed by atoms with Crippen LogP contribution in [0.25, 0.3) is 0 Å². The van der Waals surface area contributed by atoms with Gasteiger partial charge in [-0.2, -0.15) is 0 Å². The highest BCUT2D eigenvalue weighted by molar-refractivity contribution is 9.10. The Hall–Kier alpha value is -1.36. The van der Waals surface area contributed by atoms with Crippen LogP contribution in [0.15, 0.2) is 53.0 Å². The Labute approximate surface area is 124 Å². The van der Waals surface area contributed by atoms with E-state index in [1.807, 2.05) is 30.3 Å². The Balaban J connectivity index is 2.15. The fraction of sp³-hybridized carbons (Fsp3) is 0.0714. The van der Waals surface area contributed by atoms with Crippen LogP contribution >= 0.6 is 27.5 Å². The third kappa shape index (κ3) is 3.56. The summed E-state index contributed by atoms with van der Waals surface area (Å²) in [5.41, 5.74) is 7.28. The molecule has 0 bridgehead atoms. The van der Waals surface area contributed by atoms with Gasteiger partial charge in [0.25, 0.3) is 0 Å². The monoisotopic (exact) mass is 338 g/mol. The summed E-state index contributed by atoms with van der Waals surface area (Å²) in [5.74, 6) is -0.283. The van der Waals surface area contributed by atoms with Crippen LogP contribution in [0, 0.1) is 0 Å². The lowest BCUT2D eigenvalue weighted by Gasteiger charge is -2.13. The fourth-order valence-electron chi connectivity index (χ4n) is 1.62. The van der Waals surface area contributed by atoms with Gasteiger partial charge in [-0.15, -0.1) is 0 Å². The highest BCUT2D eigenvalue weighted by Crippen LogP contribution is 2.26. The quantitative estimate of drug-likeness (QED) is 0.895. The summed E-state index contributed by atoms with van der Waals surface area (Å²) in [6.07, 6.45) is 0. The van der Waals surface area contributed by atoms with Gasteiger partial charge in [-0.05, 0) is 39.7 Å². The summed E-state index contributed by atoms with van der Waals surface area (Å²) in [6.45, 7) is 0. The number of nitrogens with one attached hydrogen (secondary N) is 1. The van der Waals surface area contributed by atoms with E-state index in [4.69, 9.17) is 17.3 Å². The second kappa shape index (κ2) is 6.19. The number of nitrogens with two attached hydrogens (primary N) is 1. The van der Waals surface area contributed by atoms with E-state index in [1.165, 1.54) is 0 Å². The molecule has 0 aliphatic carbocycles. The molecule has 2 aromatic carbocycles. The van der Waals surface area contributed by atoms with Crippen molar-refractivity contribution in [1.29, 1.82) is 0 Å². The number of carbonyl (C=O) groups excluding carboxylic acids is 1. The van der Waals surface area contributed by atoms with E-state index in [0.29, 0.717) is 10.7 Å². The molecule has 2 rings (SSSR count). The van der Waals surface area contributed by atoms with Crippen LogP contribution in [0.3, 0.4) is 0 Å². The number of benzene rings is 2. The minimum absolute atomic E-state index is 0.283. The standard InChI is InChI=1S/C14H12BrClN2O/c15-11-7-6-10(16)8-12(11)18-14(19)13(17)9-4-2-1-3-5-9/h1-8,13H,17H2,(H,18,19)/t13-/m1/s1. The molecular formula is C14H12BrClN2O. The average Bonchev–Trinajstić information content (AvgIpc) is 2.43. The van der Waals surface area contributed by atoms with Crippen LogP contribution < -0.4 is 11.1 Å². The van der Waals surface area contributed by atoms with Crippen LogP contribution in [-0.4, -0.2) is 5.91 Å². The molecule has 2 aromatic rings. The molecule has 0 radical (unpaired) electrons. The fourth-order valence-corrected chi connectivity index (χ4v) is 2.13. The molecule has 0 aliphatic rings. The number of hydrogen-bond acceptors (Lipinski definition) is 2. The predicted molar refractivity (Wildman–Crippen MR) is 81.2 cm³/mol. The smallest absolute Gasteiger partial charge is 0.245 e. The third-order valence-corrected chi connectivity index (χ3v) is 3.55. The Bertz CT molecular complexity index is 589. The van der Waals surface area contributed by atoms with Gasteiger partial charge in [-0.3, -0.25) is 4.79 Å². The second-order valence-corrected chi connectivity index (χ2v) is 5.29. The van der Waals surface area contributed by atoms with Gasteiger partial charge in [0.05, 0.1) is 5.69 Å². The Morgan fingerprint density at radius 1 is 1.21 bits per heavy atom. The highest BCUT2D eigenvalue weighted by Gasteiger charge is 2.16. The van der Waals surface area contributed by atoms with Crippen molar-refractivity contribution in [3.8, 4) is 0 Å². The first kappa shape index (κ1) is 14.1. The molecule has 0 unspecified atom stereocenters. The zero-order chi connectivity index (χ0) is 13.8. The predicted octanol–water partition coefficient (Wildman–Crippen LogP) is 3.74. The van der Waals surface area contributed by atoms with Gasteiger partial charge in [0.15, 0.2) is 0 Å². The first-order valence-corrected chi connectivity index (χ1v) is 6.81. The molecule has 5 heteroatoms. The van der Waals surface area contributed by atoms with Crippen molar-refractivity contribution in [3.63, 3.8) is 0 Å². The van der Waals surface area contributed by atoms with Crippen molar-refractivity contribution in [2.75, 3.05) is 5.32 Å². The molecule has 0 aromatic heterocycles. The maximum Gasteiger partial charge on any atom is 0.245 e. The van der Waals surface area contributed by atoms with E-state index >= 15 is 0 Å². The molecule has 0 fully saturated rings. The number of halogens is 2. The van der Waals surface area contributed by atoms with Gasteiger partial charge in [0.2, 0.25) is 5.91 Å². The average molecular weight is 340 g/mol. The SMILES string of the molecule is N[C@@H](C(=O)Nc1cc(Cl)ccc1Br)c1ccccc1. The molecule has 0 heterocycles. The van der Waals surface area contributed by atoms with E-state index in [0.717, 1.165) is 10.0 Å². The van der Waals surface area contributed by atoms with Crippen LogP contribution in [0.4, 0.5) is 5.69 Å². The van der Waals surface area contributed by atoms with E-state index in [2.05, 4.69) is 21.2 Å². The topological polar surface area (TPSA) is 55.1 Å². The Morgan fingerprint density at radius 2 is 1.89 bits per heavy atom. The minimum atomic E-state index is -0.716. The minimum Gasteiger partial charge on any atom is -0.323 e. The van der Waals surface area contributed by atoms with Crippen LogP contribution in [0.5, 0.6) is 0 Å². The molecular weight excluding hydrogens is 328 g/mol. The van der Waals surface area contributed by atoms with Gasteiger partial charge in [-0.1, -0.05) is 41.9 Å². The number of rotatable bonds is 3. The third-order valence-electron chi connectivity index (χ3n) is 2.63. The number of hydrogen-bond donors (Lipinski definition) is 2.